The zero-order valence-electron chi connectivity index (χ0n) is 8.03. The lowest BCUT2D eigenvalue weighted by Crippen LogP contribution is -2.03. The molecule has 0 aromatic heterocycles. The Balaban J connectivity index is 0.000000385. The third kappa shape index (κ3) is 5.69. The molecular formula is C10H9F3O3. The molecule has 16 heavy (non-hydrogen) atoms. The van der Waals surface area contributed by atoms with E-state index in [2.05, 4.69) is 6.58 Å². The largest absolute Gasteiger partial charge is 0.508 e. The van der Waals surface area contributed by atoms with Crippen LogP contribution in [0.2, 0.25) is 0 Å². The van der Waals surface area contributed by atoms with Gasteiger partial charge in [-0.2, -0.15) is 13.2 Å². The van der Waals surface area contributed by atoms with E-state index >= 15 is 0 Å². The number of rotatable bonds is 1. The number of carboxylic acids is 1. The first kappa shape index (κ1) is 14.0. The number of aromatic hydroxyl groups is 1. The Morgan fingerprint density at radius 2 is 1.62 bits per heavy atom. The van der Waals surface area contributed by atoms with Gasteiger partial charge in [-0.1, -0.05) is 6.58 Å². The van der Waals surface area contributed by atoms with Crippen molar-refractivity contribution in [1.29, 1.82) is 0 Å². The fourth-order valence-corrected chi connectivity index (χ4v) is 0.650. The van der Waals surface area contributed by atoms with Gasteiger partial charge < -0.3 is 10.2 Å². The molecule has 0 heterocycles. The van der Waals surface area contributed by atoms with Crippen molar-refractivity contribution in [3.05, 3.63) is 42.5 Å². The molecule has 0 aliphatic heterocycles. The van der Waals surface area contributed by atoms with Crippen LogP contribution in [0.5, 0.6) is 5.75 Å². The van der Waals surface area contributed by atoms with Crippen molar-refractivity contribution < 1.29 is 28.2 Å². The van der Waals surface area contributed by atoms with Crippen LogP contribution in [0.15, 0.2) is 36.9 Å². The van der Waals surface area contributed by atoms with Crippen LogP contribution in [0, 0.1) is 0 Å². The van der Waals surface area contributed by atoms with E-state index < -0.39 is 17.7 Å². The first-order valence-electron chi connectivity index (χ1n) is 3.99. The van der Waals surface area contributed by atoms with E-state index in [1.54, 1.807) is 0 Å². The van der Waals surface area contributed by atoms with Crippen molar-refractivity contribution >= 4 is 5.97 Å². The standard InChI is InChI=1S/C7H5F3O.C3H4O2/c8-7(9,10)5-1-3-6(11)4-2-5;1-2-3(4)5/h1-4,11H;2H,1H2,(H,4,5). The molecule has 1 aromatic carbocycles. The summed E-state index contributed by atoms with van der Waals surface area (Å²) in [5, 5.41) is 16.3. The van der Waals surface area contributed by atoms with Crippen LogP contribution in [0.3, 0.4) is 0 Å². The summed E-state index contributed by atoms with van der Waals surface area (Å²) >= 11 is 0. The number of carbonyl (C=O) groups is 1. The summed E-state index contributed by atoms with van der Waals surface area (Å²) in [4.78, 5) is 9.25. The van der Waals surface area contributed by atoms with Crippen molar-refractivity contribution in [2.45, 2.75) is 6.18 Å². The molecule has 88 valence electrons. The topological polar surface area (TPSA) is 57.5 Å². The van der Waals surface area contributed by atoms with Gasteiger partial charge >= 0.3 is 12.1 Å². The molecule has 3 nitrogen and oxygen atoms in total. The minimum atomic E-state index is -4.33. The fraction of sp³-hybridized carbons (Fsp3) is 0.100. The van der Waals surface area contributed by atoms with Gasteiger partial charge in [0.05, 0.1) is 5.56 Å². The van der Waals surface area contributed by atoms with Crippen LogP contribution in [-0.4, -0.2) is 16.2 Å². The van der Waals surface area contributed by atoms with Crippen LogP contribution < -0.4 is 0 Å². The summed E-state index contributed by atoms with van der Waals surface area (Å²) in [7, 11) is 0. The van der Waals surface area contributed by atoms with Gasteiger partial charge in [0.2, 0.25) is 0 Å². The summed E-state index contributed by atoms with van der Waals surface area (Å²) in [6.45, 7) is 2.96. The zero-order chi connectivity index (χ0) is 12.8. The van der Waals surface area contributed by atoms with E-state index in [0.29, 0.717) is 0 Å². The van der Waals surface area contributed by atoms with Gasteiger partial charge in [0, 0.05) is 6.08 Å². The van der Waals surface area contributed by atoms with Crippen molar-refractivity contribution in [3.8, 4) is 5.75 Å². The molecule has 1 aromatic rings. The zero-order valence-corrected chi connectivity index (χ0v) is 8.03. The van der Waals surface area contributed by atoms with Gasteiger partial charge in [-0.25, -0.2) is 4.79 Å². The number of phenols is 1. The molecule has 0 bridgehead atoms. The van der Waals surface area contributed by atoms with E-state index in [-0.39, 0.29) is 5.75 Å². The van der Waals surface area contributed by atoms with E-state index in [4.69, 9.17) is 10.2 Å². The quantitative estimate of drug-likeness (QED) is 0.734. The van der Waals surface area contributed by atoms with Crippen LogP contribution >= 0.6 is 0 Å². The molecular weight excluding hydrogens is 225 g/mol. The number of alkyl halides is 3. The molecule has 0 unspecified atom stereocenters. The van der Waals surface area contributed by atoms with Crippen molar-refractivity contribution in [2.75, 3.05) is 0 Å². The molecule has 0 atom stereocenters. The van der Waals surface area contributed by atoms with Crippen LogP contribution in [0.1, 0.15) is 5.56 Å². The monoisotopic (exact) mass is 234 g/mol. The van der Waals surface area contributed by atoms with Gasteiger partial charge in [0.1, 0.15) is 5.75 Å². The number of carboxylic acid groups (broad SMARTS) is 1. The second kappa shape index (κ2) is 5.79. The van der Waals surface area contributed by atoms with Crippen molar-refractivity contribution in [2.24, 2.45) is 0 Å². The average Bonchev–Trinajstić information content (AvgIpc) is 2.18. The molecule has 6 heteroatoms. The highest BCUT2D eigenvalue weighted by Gasteiger charge is 2.29. The normalized spacial score (nSPS) is 9.94. The van der Waals surface area contributed by atoms with Crippen molar-refractivity contribution in [1.82, 2.24) is 0 Å². The minimum absolute atomic E-state index is 0.169. The van der Waals surface area contributed by atoms with Gasteiger partial charge in [-0.3, -0.25) is 0 Å². The second-order valence-electron chi connectivity index (χ2n) is 2.59. The number of benzene rings is 1. The second-order valence-corrected chi connectivity index (χ2v) is 2.59. The summed E-state index contributed by atoms with van der Waals surface area (Å²) in [6.07, 6.45) is -3.49. The van der Waals surface area contributed by atoms with Gasteiger partial charge in [0.25, 0.3) is 0 Å². The van der Waals surface area contributed by atoms with E-state index in [9.17, 15) is 18.0 Å². The Hall–Kier alpha value is -1.98. The highest BCUT2D eigenvalue weighted by molar-refractivity contribution is 5.78. The highest BCUT2D eigenvalue weighted by atomic mass is 19.4. The maximum atomic E-state index is 11.8. The number of aliphatic carboxylic acids is 1. The van der Waals surface area contributed by atoms with E-state index in [1.165, 1.54) is 0 Å². The number of hydrogen-bond acceptors (Lipinski definition) is 2. The molecule has 0 spiro atoms. The lowest BCUT2D eigenvalue weighted by atomic mass is 10.2. The molecule has 0 aliphatic carbocycles. The lowest BCUT2D eigenvalue weighted by molar-refractivity contribution is -0.137. The fourth-order valence-electron chi connectivity index (χ4n) is 0.650. The Kier molecular flexibility index (Phi) is 5.08. The highest BCUT2D eigenvalue weighted by Crippen LogP contribution is 2.29. The lowest BCUT2D eigenvalue weighted by Gasteiger charge is -2.04. The molecule has 0 saturated carbocycles. The number of halogens is 3. The van der Waals surface area contributed by atoms with Gasteiger partial charge in [-0.15, -0.1) is 0 Å². The smallest absolute Gasteiger partial charge is 0.416 e. The predicted molar refractivity (Wildman–Crippen MR) is 50.9 cm³/mol. The molecule has 0 radical (unpaired) electrons. The summed E-state index contributed by atoms with van der Waals surface area (Å²) < 4.78 is 35.5. The predicted octanol–water partition coefficient (Wildman–Crippen LogP) is 2.67. The molecule has 0 fully saturated rings. The summed E-state index contributed by atoms with van der Waals surface area (Å²) in [6, 6.07) is 3.66. The Labute approximate surface area is 89.5 Å². The molecule has 0 saturated heterocycles. The van der Waals surface area contributed by atoms with Crippen LogP contribution in [-0.2, 0) is 11.0 Å². The maximum Gasteiger partial charge on any atom is 0.416 e. The molecule has 2 N–H and O–H groups in total. The molecule has 1 rings (SSSR count). The Bertz CT molecular complexity index is 355. The van der Waals surface area contributed by atoms with Crippen LogP contribution in [0.4, 0.5) is 13.2 Å². The average molecular weight is 234 g/mol. The number of phenolic OH excluding ortho intramolecular Hbond substituents is 1. The van der Waals surface area contributed by atoms with E-state index in [0.717, 1.165) is 30.3 Å². The SMILES string of the molecule is C=CC(=O)O.Oc1ccc(C(F)(F)F)cc1. The minimum Gasteiger partial charge on any atom is -0.508 e. The Morgan fingerprint density at radius 3 is 1.88 bits per heavy atom. The first-order chi connectivity index (χ1) is 7.27. The van der Waals surface area contributed by atoms with E-state index in [1.807, 2.05) is 0 Å². The third-order valence-electron chi connectivity index (χ3n) is 1.37. The van der Waals surface area contributed by atoms with Crippen LogP contribution in [0.25, 0.3) is 0 Å². The molecule has 0 aliphatic rings. The third-order valence-corrected chi connectivity index (χ3v) is 1.37. The number of hydrogen-bond donors (Lipinski definition) is 2. The molecule has 0 amide bonds. The van der Waals surface area contributed by atoms with Gasteiger partial charge in [0.15, 0.2) is 0 Å². The maximum absolute atomic E-state index is 11.8. The Morgan fingerprint density at radius 1 is 1.25 bits per heavy atom. The summed E-state index contributed by atoms with van der Waals surface area (Å²) in [5.74, 6) is -1.15. The summed E-state index contributed by atoms with van der Waals surface area (Å²) in [5.41, 5.74) is -0.754. The van der Waals surface area contributed by atoms with Crippen molar-refractivity contribution in [3.63, 3.8) is 0 Å². The van der Waals surface area contributed by atoms with Gasteiger partial charge in [-0.05, 0) is 24.3 Å². The first-order valence-corrected chi connectivity index (χ1v) is 3.99.